The van der Waals surface area contributed by atoms with Crippen LogP contribution in [0.1, 0.15) is 16.8 Å². The molecule has 4 aliphatic carbocycles. The molecular formula is C26H24N2O5. The van der Waals surface area contributed by atoms with Gasteiger partial charge in [-0.05, 0) is 66.5 Å². The largest absolute Gasteiger partial charge is 0.497 e. The molecule has 33 heavy (non-hydrogen) atoms. The Labute approximate surface area is 191 Å². The molecule has 1 aliphatic heterocycles. The van der Waals surface area contributed by atoms with E-state index < -0.39 is 0 Å². The molecule has 6 atom stereocenters. The smallest absolute Gasteiger partial charge is 0.255 e. The molecule has 3 amide bonds. The maximum absolute atomic E-state index is 13.3. The highest BCUT2D eigenvalue weighted by molar-refractivity contribution is 6.22. The molecule has 3 fully saturated rings. The van der Waals surface area contributed by atoms with Gasteiger partial charge in [0.1, 0.15) is 11.5 Å². The molecule has 1 saturated heterocycles. The fraction of sp³-hybridized carbons (Fsp3) is 0.346. The predicted octanol–water partition coefficient (Wildman–Crippen LogP) is 3.51. The van der Waals surface area contributed by atoms with Gasteiger partial charge in [0, 0.05) is 11.6 Å². The topological polar surface area (TPSA) is 84.9 Å². The monoisotopic (exact) mass is 444 g/mol. The molecule has 2 bridgehead atoms. The van der Waals surface area contributed by atoms with Gasteiger partial charge in [0.2, 0.25) is 11.8 Å². The van der Waals surface area contributed by atoms with Crippen molar-refractivity contribution in [3.63, 3.8) is 0 Å². The zero-order chi connectivity index (χ0) is 22.9. The molecule has 5 aliphatic rings. The fourth-order valence-electron chi connectivity index (χ4n) is 6.08. The van der Waals surface area contributed by atoms with Crippen molar-refractivity contribution >= 4 is 29.1 Å². The predicted molar refractivity (Wildman–Crippen MR) is 121 cm³/mol. The van der Waals surface area contributed by atoms with Crippen LogP contribution in [-0.2, 0) is 9.59 Å². The van der Waals surface area contributed by atoms with E-state index in [9.17, 15) is 14.4 Å². The molecule has 2 aromatic rings. The second kappa shape index (κ2) is 7.20. The maximum atomic E-state index is 13.3. The van der Waals surface area contributed by atoms with Crippen molar-refractivity contribution in [1.82, 2.24) is 0 Å². The van der Waals surface area contributed by atoms with Crippen molar-refractivity contribution < 1.29 is 23.9 Å². The molecule has 168 valence electrons. The van der Waals surface area contributed by atoms with E-state index in [0.29, 0.717) is 40.3 Å². The number of nitrogens with zero attached hydrogens (tertiary/aromatic N) is 1. The Bertz CT molecular complexity index is 1170. The van der Waals surface area contributed by atoms with Gasteiger partial charge in [0.15, 0.2) is 0 Å². The molecule has 1 N–H and O–H groups in total. The number of amides is 3. The first kappa shape index (κ1) is 20.0. The molecule has 7 nitrogen and oxygen atoms in total. The zero-order valence-electron chi connectivity index (χ0n) is 18.4. The van der Waals surface area contributed by atoms with E-state index in [-0.39, 0.29) is 41.4 Å². The van der Waals surface area contributed by atoms with Crippen molar-refractivity contribution in [3.05, 3.63) is 60.2 Å². The number of imide groups is 1. The van der Waals surface area contributed by atoms with Gasteiger partial charge >= 0.3 is 0 Å². The molecule has 1 heterocycles. The normalized spacial score (nSPS) is 30.7. The van der Waals surface area contributed by atoms with Gasteiger partial charge < -0.3 is 14.8 Å². The summed E-state index contributed by atoms with van der Waals surface area (Å²) in [7, 11) is 3.08. The number of allylic oxidation sites excluding steroid dienone is 2. The first-order valence-corrected chi connectivity index (χ1v) is 11.2. The van der Waals surface area contributed by atoms with E-state index in [1.807, 2.05) is 0 Å². The van der Waals surface area contributed by atoms with Crippen molar-refractivity contribution in [2.75, 3.05) is 24.4 Å². The molecule has 0 spiro atoms. The number of benzene rings is 2. The van der Waals surface area contributed by atoms with Crippen LogP contribution in [0, 0.1) is 35.5 Å². The minimum Gasteiger partial charge on any atom is -0.497 e. The summed E-state index contributed by atoms with van der Waals surface area (Å²) in [5.41, 5.74) is 1.41. The number of hydrogen-bond acceptors (Lipinski definition) is 5. The van der Waals surface area contributed by atoms with Gasteiger partial charge in [-0.15, -0.1) is 0 Å². The Kier molecular flexibility index (Phi) is 4.37. The summed E-state index contributed by atoms with van der Waals surface area (Å²) in [6, 6.07) is 11.7. The van der Waals surface area contributed by atoms with E-state index in [2.05, 4.69) is 17.5 Å². The van der Waals surface area contributed by atoms with E-state index in [4.69, 9.17) is 9.47 Å². The summed E-state index contributed by atoms with van der Waals surface area (Å²) in [6.07, 6.45) is 5.46. The molecular weight excluding hydrogens is 420 g/mol. The quantitative estimate of drug-likeness (QED) is 0.564. The number of carbonyl (C=O) groups excluding carboxylic acids is 3. The number of anilines is 2. The molecule has 2 aromatic carbocycles. The highest BCUT2D eigenvalue weighted by Crippen LogP contribution is 2.65. The lowest BCUT2D eigenvalue weighted by molar-refractivity contribution is -0.124. The number of carbonyl (C=O) groups is 3. The Morgan fingerprint density at radius 3 is 2.12 bits per heavy atom. The van der Waals surface area contributed by atoms with E-state index in [0.717, 1.165) is 6.42 Å². The van der Waals surface area contributed by atoms with Crippen molar-refractivity contribution in [3.8, 4) is 11.5 Å². The SMILES string of the molecule is COc1ccc(OC)c(NC(=O)c2ccc(N3C(=O)[C@@H]4[C@H]5C=C[C@@H]([C@@H]6C[C@@H]56)[C@@H]4C3=O)cc2)c1. The molecule has 0 aromatic heterocycles. The summed E-state index contributed by atoms with van der Waals surface area (Å²) in [4.78, 5) is 40.7. The molecule has 0 radical (unpaired) electrons. The van der Waals surface area contributed by atoms with Crippen molar-refractivity contribution in [1.29, 1.82) is 0 Å². The Morgan fingerprint density at radius 1 is 0.909 bits per heavy atom. The number of methoxy groups -OCH3 is 2. The van der Waals surface area contributed by atoms with Gasteiger partial charge in [-0.25, -0.2) is 0 Å². The van der Waals surface area contributed by atoms with Crippen LogP contribution >= 0.6 is 0 Å². The third-order valence-electron chi connectivity index (χ3n) is 7.71. The Morgan fingerprint density at radius 2 is 1.55 bits per heavy atom. The third-order valence-corrected chi connectivity index (χ3v) is 7.71. The second-order valence-electron chi connectivity index (χ2n) is 9.23. The summed E-state index contributed by atoms with van der Waals surface area (Å²) in [5.74, 6) is 1.61. The highest BCUT2D eigenvalue weighted by Gasteiger charge is 2.67. The van der Waals surface area contributed by atoms with Crippen LogP contribution < -0.4 is 19.7 Å². The first-order valence-electron chi connectivity index (χ1n) is 11.2. The van der Waals surface area contributed by atoms with Crippen LogP contribution in [0.4, 0.5) is 11.4 Å². The van der Waals surface area contributed by atoms with Crippen molar-refractivity contribution in [2.45, 2.75) is 6.42 Å². The Hall–Kier alpha value is -3.61. The lowest BCUT2D eigenvalue weighted by Crippen LogP contribution is -2.40. The van der Waals surface area contributed by atoms with Gasteiger partial charge in [-0.1, -0.05) is 12.2 Å². The lowest BCUT2D eigenvalue weighted by Gasteiger charge is -2.37. The van der Waals surface area contributed by atoms with E-state index in [1.165, 1.54) is 12.0 Å². The van der Waals surface area contributed by atoms with Crippen molar-refractivity contribution in [2.24, 2.45) is 35.5 Å². The van der Waals surface area contributed by atoms with Gasteiger partial charge in [0.25, 0.3) is 5.91 Å². The number of hydrogen-bond donors (Lipinski definition) is 1. The van der Waals surface area contributed by atoms with E-state index >= 15 is 0 Å². The van der Waals surface area contributed by atoms with Gasteiger partial charge in [-0.3, -0.25) is 19.3 Å². The molecule has 7 heteroatoms. The van der Waals surface area contributed by atoms with Crippen LogP contribution in [0.15, 0.2) is 54.6 Å². The Balaban J connectivity index is 1.22. The van der Waals surface area contributed by atoms with Crippen LogP contribution in [0.3, 0.4) is 0 Å². The standard InChI is InChI=1S/C26H24N2O5/c1-32-15-7-10-21(33-2)20(11-15)27-24(29)13-3-5-14(6-4-13)28-25(30)22-16-8-9-17(19-12-18(16)19)23(22)26(28)31/h3-11,16-19,22-23H,12H2,1-2H3,(H,27,29)/t16-,17-,18-,19-,22-,23+/m0/s1. The van der Waals surface area contributed by atoms with Crippen LogP contribution in [0.25, 0.3) is 0 Å². The summed E-state index contributed by atoms with van der Waals surface area (Å²) in [6.45, 7) is 0. The summed E-state index contributed by atoms with van der Waals surface area (Å²) >= 11 is 0. The average molecular weight is 444 g/mol. The van der Waals surface area contributed by atoms with Gasteiger partial charge in [-0.2, -0.15) is 0 Å². The molecule has 7 rings (SSSR count). The van der Waals surface area contributed by atoms with Gasteiger partial charge in [0.05, 0.1) is 37.4 Å². The lowest BCUT2D eigenvalue weighted by atomic mass is 9.63. The first-order chi connectivity index (χ1) is 16.0. The molecule has 2 saturated carbocycles. The fourth-order valence-corrected chi connectivity index (χ4v) is 6.08. The second-order valence-corrected chi connectivity index (χ2v) is 9.23. The number of ether oxygens (including phenoxy) is 2. The maximum Gasteiger partial charge on any atom is 0.255 e. The number of nitrogens with one attached hydrogen (secondary N) is 1. The number of rotatable bonds is 5. The summed E-state index contributed by atoms with van der Waals surface area (Å²) < 4.78 is 10.5. The van der Waals surface area contributed by atoms with Crippen LogP contribution in [0.5, 0.6) is 11.5 Å². The summed E-state index contributed by atoms with van der Waals surface area (Å²) in [5, 5.41) is 2.83. The highest BCUT2D eigenvalue weighted by atomic mass is 16.5. The van der Waals surface area contributed by atoms with E-state index in [1.54, 1.807) is 49.6 Å². The minimum absolute atomic E-state index is 0.104. The molecule has 0 unspecified atom stereocenters. The van der Waals surface area contributed by atoms with Crippen LogP contribution in [-0.4, -0.2) is 31.9 Å². The third kappa shape index (κ3) is 2.91. The average Bonchev–Trinajstić information content (AvgIpc) is 3.62. The minimum atomic E-state index is -0.330. The van der Waals surface area contributed by atoms with Crippen LogP contribution in [0.2, 0.25) is 0 Å². The zero-order valence-corrected chi connectivity index (χ0v) is 18.4.